The highest BCUT2D eigenvalue weighted by Crippen LogP contribution is 2.31. The number of amides is 2. The largest absolute Gasteiger partial charge is 0.348 e. The first-order chi connectivity index (χ1) is 18.2. The second-order valence-corrected chi connectivity index (χ2v) is 10.1. The van der Waals surface area contributed by atoms with Gasteiger partial charge in [-0.25, -0.2) is 4.98 Å². The van der Waals surface area contributed by atoms with Crippen molar-refractivity contribution in [3.05, 3.63) is 40.6 Å². The Balaban J connectivity index is 1.54. The van der Waals surface area contributed by atoms with Crippen molar-refractivity contribution in [2.24, 2.45) is 14.1 Å². The quantitative estimate of drug-likeness (QED) is 0.401. The highest BCUT2D eigenvalue weighted by atomic mass is 16.2. The molecule has 0 aromatic carbocycles. The predicted molar refractivity (Wildman–Crippen MR) is 145 cm³/mol. The van der Waals surface area contributed by atoms with E-state index >= 15 is 0 Å². The summed E-state index contributed by atoms with van der Waals surface area (Å²) in [4.78, 5) is 31.9. The Bertz CT molecular complexity index is 1540. The molecule has 0 radical (unpaired) electrons. The summed E-state index contributed by atoms with van der Waals surface area (Å²) in [5, 5.41) is 20.3. The van der Waals surface area contributed by atoms with Crippen molar-refractivity contribution in [1.82, 2.24) is 39.6 Å². The maximum Gasteiger partial charge on any atom is 0.274 e. The summed E-state index contributed by atoms with van der Waals surface area (Å²) in [5.41, 5.74) is 5.64. The van der Waals surface area contributed by atoms with Gasteiger partial charge in [0.05, 0.1) is 33.7 Å². The van der Waals surface area contributed by atoms with E-state index in [2.05, 4.69) is 25.9 Å². The highest BCUT2D eigenvalue weighted by molar-refractivity contribution is 6.15. The van der Waals surface area contributed by atoms with Gasteiger partial charge in [-0.3, -0.25) is 23.6 Å². The zero-order valence-electron chi connectivity index (χ0n) is 22.9. The Hall–Kier alpha value is -4.02. The number of hydrogen-bond donors (Lipinski definition) is 2. The molecule has 0 unspecified atom stereocenters. The molecule has 11 nitrogen and oxygen atoms in total. The maximum atomic E-state index is 13.8. The zero-order valence-corrected chi connectivity index (χ0v) is 22.9. The van der Waals surface area contributed by atoms with Gasteiger partial charge in [0.1, 0.15) is 0 Å². The van der Waals surface area contributed by atoms with Crippen molar-refractivity contribution < 1.29 is 9.59 Å². The van der Waals surface area contributed by atoms with Gasteiger partial charge in [-0.1, -0.05) is 19.3 Å². The van der Waals surface area contributed by atoms with Crippen LogP contribution in [0, 0.1) is 20.8 Å². The fraction of sp³-hybridized carbons (Fsp3) is 0.481. The van der Waals surface area contributed by atoms with Crippen molar-refractivity contribution in [2.45, 2.75) is 72.4 Å². The van der Waals surface area contributed by atoms with Gasteiger partial charge in [0.2, 0.25) is 0 Å². The Kier molecular flexibility index (Phi) is 6.77. The molecule has 0 spiro atoms. The lowest BCUT2D eigenvalue weighted by Gasteiger charge is -2.22. The van der Waals surface area contributed by atoms with Crippen LogP contribution in [0.3, 0.4) is 0 Å². The first-order valence-electron chi connectivity index (χ1n) is 13.2. The van der Waals surface area contributed by atoms with Crippen molar-refractivity contribution in [2.75, 3.05) is 5.32 Å². The first kappa shape index (κ1) is 25.6. The number of nitrogens with one attached hydrogen (secondary N) is 2. The lowest BCUT2D eigenvalue weighted by Crippen LogP contribution is -2.36. The minimum Gasteiger partial charge on any atom is -0.348 e. The predicted octanol–water partition coefficient (Wildman–Crippen LogP) is 3.83. The van der Waals surface area contributed by atoms with E-state index in [4.69, 9.17) is 4.98 Å². The number of aromatic nitrogens is 7. The fourth-order valence-corrected chi connectivity index (χ4v) is 5.43. The average molecular weight is 518 g/mol. The molecule has 5 rings (SSSR count). The van der Waals surface area contributed by atoms with E-state index in [1.54, 1.807) is 26.3 Å². The number of carbonyl (C=O) groups excluding carboxylic acids is 2. The van der Waals surface area contributed by atoms with Crippen LogP contribution < -0.4 is 10.6 Å². The molecule has 2 N–H and O–H groups in total. The second-order valence-electron chi connectivity index (χ2n) is 10.1. The Labute approximate surface area is 221 Å². The van der Waals surface area contributed by atoms with Gasteiger partial charge < -0.3 is 10.6 Å². The van der Waals surface area contributed by atoms with E-state index in [-0.39, 0.29) is 23.6 Å². The van der Waals surface area contributed by atoms with Crippen LogP contribution >= 0.6 is 0 Å². The van der Waals surface area contributed by atoms with Crippen molar-refractivity contribution in [3.63, 3.8) is 0 Å². The van der Waals surface area contributed by atoms with Crippen LogP contribution in [0.25, 0.3) is 22.3 Å². The molecule has 4 aromatic heterocycles. The van der Waals surface area contributed by atoms with Crippen LogP contribution in [0.5, 0.6) is 0 Å². The number of pyridine rings is 1. The third-order valence-corrected chi connectivity index (χ3v) is 7.47. The molecule has 0 bridgehead atoms. The normalized spacial score (nSPS) is 14.3. The molecule has 0 saturated heterocycles. The molecule has 4 heterocycles. The Morgan fingerprint density at radius 1 is 0.974 bits per heavy atom. The number of anilines is 1. The van der Waals surface area contributed by atoms with Gasteiger partial charge in [0.15, 0.2) is 11.3 Å². The van der Waals surface area contributed by atoms with Crippen LogP contribution in [0.15, 0.2) is 12.3 Å². The third kappa shape index (κ3) is 4.57. The number of hydrogen-bond acceptors (Lipinski definition) is 6. The molecule has 0 aliphatic heterocycles. The molecule has 0 atom stereocenters. The molecule has 2 amide bonds. The molecular formula is C27H35N9O2. The van der Waals surface area contributed by atoms with E-state index < -0.39 is 0 Å². The lowest BCUT2D eigenvalue weighted by molar-refractivity contribution is 0.0922. The minimum atomic E-state index is -0.351. The summed E-state index contributed by atoms with van der Waals surface area (Å²) in [6.07, 6.45) is 7.06. The second kappa shape index (κ2) is 10.0. The Morgan fingerprint density at radius 2 is 1.68 bits per heavy atom. The lowest BCUT2D eigenvalue weighted by atomic mass is 9.95. The van der Waals surface area contributed by atoms with Crippen LogP contribution in [0.2, 0.25) is 0 Å². The molecule has 1 aliphatic rings. The minimum absolute atomic E-state index is 0.137. The van der Waals surface area contributed by atoms with E-state index in [0.29, 0.717) is 40.2 Å². The zero-order chi connectivity index (χ0) is 27.1. The number of fused-ring (bicyclic) bond motifs is 1. The van der Waals surface area contributed by atoms with Gasteiger partial charge in [-0.15, -0.1) is 0 Å². The number of carbonyl (C=O) groups is 2. The fourth-order valence-electron chi connectivity index (χ4n) is 5.43. The van der Waals surface area contributed by atoms with E-state index in [9.17, 15) is 9.59 Å². The number of rotatable bonds is 6. The maximum absolute atomic E-state index is 13.8. The molecule has 1 fully saturated rings. The molecule has 1 aliphatic carbocycles. The van der Waals surface area contributed by atoms with Gasteiger partial charge in [0.25, 0.3) is 11.8 Å². The van der Waals surface area contributed by atoms with Crippen molar-refractivity contribution in [1.29, 1.82) is 0 Å². The van der Waals surface area contributed by atoms with Gasteiger partial charge in [-0.05, 0) is 46.6 Å². The summed E-state index contributed by atoms with van der Waals surface area (Å²) in [6, 6.07) is 1.92. The monoisotopic (exact) mass is 517 g/mol. The summed E-state index contributed by atoms with van der Waals surface area (Å²) in [6.45, 7) is 8.28. The summed E-state index contributed by atoms with van der Waals surface area (Å²) in [5.74, 6) is -0.615. The van der Waals surface area contributed by atoms with Crippen LogP contribution in [0.1, 0.15) is 77.0 Å². The standard InChI is InChI=1S/C27H35N9O2/c1-7-36-14-21(24(33-36)27(38)28-18-11-9-8-10-12-18)30-26(37)19-13-20(22-15(2)31-34(5)17(22)4)29-25-23(19)16(3)32-35(25)6/h13-14,18H,7-12H2,1-6H3,(H,28,38)(H,30,37). The Morgan fingerprint density at radius 3 is 2.34 bits per heavy atom. The van der Waals surface area contributed by atoms with Gasteiger partial charge >= 0.3 is 0 Å². The van der Waals surface area contributed by atoms with Crippen molar-refractivity contribution in [3.8, 4) is 11.3 Å². The summed E-state index contributed by atoms with van der Waals surface area (Å²) >= 11 is 0. The van der Waals surface area contributed by atoms with Crippen LogP contribution in [-0.2, 0) is 20.6 Å². The smallest absolute Gasteiger partial charge is 0.274 e. The summed E-state index contributed by atoms with van der Waals surface area (Å²) < 4.78 is 5.15. The van der Waals surface area contributed by atoms with E-state index in [0.717, 1.165) is 42.6 Å². The van der Waals surface area contributed by atoms with Crippen LogP contribution in [0.4, 0.5) is 5.69 Å². The SMILES string of the molecule is CCn1cc(NC(=O)c2cc(-c3c(C)nn(C)c3C)nc3c2c(C)nn3C)c(C(=O)NC2CCCCC2)n1. The highest BCUT2D eigenvalue weighted by Gasteiger charge is 2.26. The summed E-state index contributed by atoms with van der Waals surface area (Å²) in [7, 11) is 3.70. The van der Waals surface area contributed by atoms with E-state index in [1.165, 1.54) is 6.42 Å². The number of aryl methyl sites for hydroxylation is 5. The molecule has 38 heavy (non-hydrogen) atoms. The topological polar surface area (TPSA) is 125 Å². The molecule has 11 heteroatoms. The number of nitrogens with zero attached hydrogens (tertiary/aromatic N) is 7. The van der Waals surface area contributed by atoms with Gasteiger partial charge in [-0.2, -0.15) is 15.3 Å². The average Bonchev–Trinajstić information content (AvgIpc) is 3.51. The van der Waals surface area contributed by atoms with E-state index in [1.807, 2.05) is 41.8 Å². The van der Waals surface area contributed by atoms with Crippen molar-refractivity contribution >= 4 is 28.5 Å². The van der Waals surface area contributed by atoms with Gasteiger partial charge in [0, 0.05) is 44.1 Å². The first-order valence-corrected chi connectivity index (χ1v) is 13.2. The molecular weight excluding hydrogens is 482 g/mol. The third-order valence-electron chi connectivity index (χ3n) is 7.47. The molecule has 4 aromatic rings. The molecule has 1 saturated carbocycles. The van der Waals surface area contributed by atoms with Crippen LogP contribution in [-0.4, -0.2) is 52.2 Å². The molecule has 200 valence electrons.